The van der Waals surface area contributed by atoms with Gasteiger partial charge in [0.05, 0.1) is 4.90 Å². The van der Waals surface area contributed by atoms with Gasteiger partial charge in [-0.1, -0.05) is 12.1 Å². The SMILES string of the molecule is CSCC[C@H](NS(=O)(=O)c1cc(C)ccc1C)C(=O)O. The molecule has 5 nitrogen and oxygen atoms in total. The van der Waals surface area contributed by atoms with Crippen LogP contribution in [0.15, 0.2) is 23.1 Å². The van der Waals surface area contributed by atoms with Crippen LogP contribution in [0, 0.1) is 13.8 Å². The maximum atomic E-state index is 12.3. The van der Waals surface area contributed by atoms with Crippen molar-refractivity contribution in [1.29, 1.82) is 0 Å². The fourth-order valence-corrected chi connectivity index (χ4v) is 3.74. The highest BCUT2D eigenvalue weighted by atomic mass is 32.2. The van der Waals surface area contributed by atoms with Crippen LogP contribution in [0.25, 0.3) is 0 Å². The molecule has 1 rings (SSSR count). The minimum atomic E-state index is -3.83. The summed E-state index contributed by atoms with van der Waals surface area (Å²) in [5.74, 6) is -0.584. The molecule has 20 heavy (non-hydrogen) atoms. The van der Waals surface area contributed by atoms with Gasteiger partial charge in [-0.3, -0.25) is 4.79 Å². The normalized spacial score (nSPS) is 13.2. The molecule has 2 N–H and O–H groups in total. The van der Waals surface area contributed by atoms with E-state index in [-0.39, 0.29) is 11.3 Å². The average molecular weight is 317 g/mol. The van der Waals surface area contributed by atoms with Crippen molar-refractivity contribution >= 4 is 27.8 Å². The monoisotopic (exact) mass is 317 g/mol. The molecular formula is C13H19NO4S2. The summed E-state index contributed by atoms with van der Waals surface area (Å²) in [6.07, 6.45) is 2.10. The van der Waals surface area contributed by atoms with E-state index >= 15 is 0 Å². The summed E-state index contributed by atoms with van der Waals surface area (Å²) >= 11 is 1.48. The lowest BCUT2D eigenvalue weighted by molar-refractivity contribution is -0.139. The van der Waals surface area contributed by atoms with E-state index in [1.54, 1.807) is 26.0 Å². The number of nitrogens with one attached hydrogen (secondary N) is 1. The van der Waals surface area contributed by atoms with Gasteiger partial charge in [0.1, 0.15) is 6.04 Å². The van der Waals surface area contributed by atoms with Gasteiger partial charge in [-0.05, 0) is 49.5 Å². The van der Waals surface area contributed by atoms with Gasteiger partial charge in [-0.25, -0.2) is 8.42 Å². The maximum Gasteiger partial charge on any atom is 0.321 e. The van der Waals surface area contributed by atoms with Gasteiger partial charge in [-0.15, -0.1) is 0 Å². The summed E-state index contributed by atoms with van der Waals surface area (Å²) in [6.45, 7) is 3.48. The first-order valence-corrected chi connectivity index (χ1v) is 8.97. The summed E-state index contributed by atoms with van der Waals surface area (Å²) in [7, 11) is -3.83. The van der Waals surface area contributed by atoms with Gasteiger partial charge in [0.15, 0.2) is 0 Å². The van der Waals surface area contributed by atoms with Crippen molar-refractivity contribution in [3.63, 3.8) is 0 Å². The van der Waals surface area contributed by atoms with E-state index in [0.29, 0.717) is 11.3 Å². The summed E-state index contributed by atoms with van der Waals surface area (Å²) in [5.41, 5.74) is 1.41. The molecule has 0 amide bonds. The molecule has 0 fully saturated rings. The lowest BCUT2D eigenvalue weighted by Crippen LogP contribution is -2.41. The van der Waals surface area contributed by atoms with E-state index < -0.39 is 22.0 Å². The third-order valence-electron chi connectivity index (χ3n) is 2.84. The molecule has 0 saturated carbocycles. The minimum absolute atomic E-state index is 0.132. The number of carboxylic acids is 1. The van der Waals surface area contributed by atoms with Gasteiger partial charge < -0.3 is 5.11 Å². The number of hydrogen-bond acceptors (Lipinski definition) is 4. The Morgan fingerprint density at radius 2 is 2.05 bits per heavy atom. The van der Waals surface area contributed by atoms with Crippen molar-refractivity contribution in [1.82, 2.24) is 4.72 Å². The zero-order valence-electron chi connectivity index (χ0n) is 11.7. The van der Waals surface area contributed by atoms with Crippen LogP contribution in [0.1, 0.15) is 17.5 Å². The van der Waals surface area contributed by atoms with Gasteiger partial charge in [0.25, 0.3) is 0 Å². The van der Waals surface area contributed by atoms with E-state index in [2.05, 4.69) is 4.72 Å². The quantitative estimate of drug-likeness (QED) is 0.801. The van der Waals surface area contributed by atoms with Crippen molar-refractivity contribution < 1.29 is 18.3 Å². The molecule has 1 atom stereocenters. The van der Waals surface area contributed by atoms with Crippen molar-refractivity contribution in [3.05, 3.63) is 29.3 Å². The molecule has 0 aliphatic rings. The lowest BCUT2D eigenvalue weighted by atomic mass is 10.2. The molecule has 7 heteroatoms. The molecule has 0 aromatic heterocycles. The number of rotatable bonds is 7. The summed E-state index contributed by atoms with van der Waals surface area (Å²) in [5, 5.41) is 9.10. The molecule has 0 unspecified atom stereocenters. The fourth-order valence-electron chi connectivity index (χ4n) is 1.72. The molecule has 0 aliphatic carbocycles. The number of benzene rings is 1. The largest absolute Gasteiger partial charge is 0.480 e. The fraction of sp³-hybridized carbons (Fsp3) is 0.462. The highest BCUT2D eigenvalue weighted by molar-refractivity contribution is 7.98. The zero-order valence-corrected chi connectivity index (χ0v) is 13.3. The van der Waals surface area contributed by atoms with E-state index in [1.165, 1.54) is 11.8 Å². The molecule has 0 bridgehead atoms. The summed E-state index contributed by atoms with van der Waals surface area (Å²) < 4.78 is 26.9. The van der Waals surface area contributed by atoms with Crippen molar-refractivity contribution in [2.45, 2.75) is 31.2 Å². The highest BCUT2D eigenvalue weighted by Gasteiger charge is 2.26. The van der Waals surface area contributed by atoms with Crippen LogP contribution in [-0.2, 0) is 14.8 Å². The Labute approximate surface area is 123 Å². The number of hydrogen-bond donors (Lipinski definition) is 2. The Kier molecular flexibility index (Phi) is 6.04. The van der Waals surface area contributed by atoms with Crippen LogP contribution in [-0.4, -0.2) is 37.5 Å². The first kappa shape index (κ1) is 17.0. The maximum absolute atomic E-state index is 12.3. The number of aliphatic carboxylic acids is 1. The lowest BCUT2D eigenvalue weighted by Gasteiger charge is -2.15. The number of carbonyl (C=O) groups is 1. The number of aryl methyl sites for hydroxylation is 2. The predicted octanol–water partition coefficient (Wildman–Crippen LogP) is 1.79. The van der Waals surface area contributed by atoms with Gasteiger partial charge in [-0.2, -0.15) is 16.5 Å². The third-order valence-corrected chi connectivity index (χ3v) is 5.10. The second-order valence-corrected chi connectivity index (χ2v) is 7.23. The third kappa shape index (κ3) is 4.50. The van der Waals surface area contributed by atoms with Gasteiger partial charge in [0.2, 0.25) is 10.0 Å². The standard InChI is InChI=1S/C13H19NO4S2/c1-9-4-5-10(2)12(8-9)20(17,18)14-11(13(15)16)6-7-19-3/h4-5,8,11,14H,6-7H2,1-3H3,(H,15,16)/t11-/m0/s1. The molecule has 1 aromatic rings. The number of carboxylic acid groups (broad SMARTS) is 1. The number of thioether (sulfide) groups is 1. The minimum Gasteiger partial charge on any atom is -0.480 e. The van der Waals surface area contributed by atoms with Crippen LogP contribution >= 0.6 is 11.8 Å². The molecule has 1 aromatic carbocycles. The van der Waals surface area contributed by atoms with Crippen molar-refractivity contribution in [2.24, 2.45) is 0 Å². The topological polar surface area (TPSA) is 83.5 Å². The number of sulfonamides is 1. The molecule has 0 aliphatic heterocycles. The molecule has 112 valence electrons. The van der Waals surface area contributed by atoms with Gasteiger partial charge >= 0.3 is 5.97 Å². The molecule has 0 radical (unpaired) electrons. The second kappa shape index (κ2) is 7.10. The Balaban J connectivity index is 3.03. The average Bonchev–Trinajstić information content (AvgIpc) is 2.36. The van der Waals surface area contributed by atoms with Crippen LogP contribution in [0.5, 0.6) is 0 Å². The smallest absolute Gasteiger partial charge is 0.321 e. The first-order valence-electron chi connectivity index (χ1n) is 6.09. The molecule has 0 heterocycles. The predicted molar refractivity (Wildman–Crippen MR) is 80.7 cm³/mol. The highest BCUT2D eigenvalue weighted by Crippen LogP contribution is 2.17. The van der Waals surface area contributed by atoms with Crippen LogP contribution < -0.4 is 4.72 Å². The summed E-state index contributed by atoms with van der Waals surface area (Å²) in [6, 6.07) is 3.97. The molecule has 0 spiro atoms. The van der Waals surface area contributed by atoms with E-state index in [9.17, 15) is 13.2 Å². The van der Waals surface area contributed by atoms with Gasteiger partial charge in [0, 0.05) is 0 Å². The zero-order chi connectivity index (χ0) is 15.3. The van der Waals surface area contributed by atoms with E-state index in [4.69, 9.17) is 5.11 Å². The van der Waals surface area contributed by atoms with E-state index in [1.807, 2.05) is 12.3 Å². The van der Waals surface area contributed by atoms with Crippen LogP contribution in [0.2, 0.25) is 0 Å². The Hall–Kier alpha value is -1.05. The molecule has 0 saturated heterocycles. The van der Waals surface area contributed by atoms with E-state index in [0.717, 1.165) is 5.56 Å². The van der Waals surface area contributed by atoms with Crippen molar-refractivity contribution in [2.75, 3.05) is 12.0 Å². The van der Waals surface area contributed by atoms with Crippen LogP contribution in [0.4, 0.5) is 0 Å². The first-order chi connectivity index (χ1) is 9.27. The second-order valence-electron chi connectivity index (χ2n) is 4.56. The summed E-state index contributed by atoms with van der Waals surface area (Å²) in [4.78, 5) is 11.3. The Morgan fingerprint density at radius 3 is 2.60 bits per heavy atom. The van der Waals surface area contributed by atoms with Crippen molar-refractivity contribution in [3.8, 4) is 0 Å². The Morgan fingerprint density at radius 1 is 1.40 bits per heavy atom. The van der Waals surface area contributed by atoms with Crippen LogP contribution in [0.3, 0.4) is 0 Å². The Bertz CT molecular complexity index is 584. The molecular weight excluding hydrogens is 298 g/mol.